The van der Waals surface area contributed by atoms with Crippen LogP contribution in [0.5, 0.6) is 0 Å². The lowest BCUT2D eigenvalue weighted by atomic mass is 9.67. The first-order valence-corrected chi connectivity index (χ1v) is 47.8. The van der Waals surface area contributed by atoms with Crippen molar-refractivity contribution in [3.63, 3.8) is 0 Å². The Labute approximate surface area is 797 Å². The Morgan fingerprint density at radius 2 is 0.397 bits per heavy atom. The maximum atomic E-state index is 5.45. The van der Waals surface area contributed by atoms with Crippen molar-refractivity contribution in [3.8, 4) is 157 Å². The monoisotopic (exact) mass is 1770 g/mol. The van der Waals surface area contributed by atoms with Gasteiger partial charge in [-0.1, -0.05) is 473 Å². The molecule has 24 aromatic rings. The molecule has 2 aliphatic rings. The summed E-state index contributed by atoms with van der Waals surface area (Å²) < 4.78 is 5.25. The number of hydrogen-bond acceptors (Lipinski definition) is 8. The van der Waals surface area contributed by atoms with Crippen LogP contribution in [-0.2, 0) is 10.8 Å². The van der Waals surface area contributed by atoms with Crippen LogP contribution < -0.4 is 0 Å². The second-order valence-electron chi connectivity index (χ2n) is 34.9. The van der Waals surface area contributed by atoms with E-state index in [1.165, 1.54) is 118 Å². The van der Waals surface area contributed by atoms with Gasteiger partial charge in [-0.15, -0.1) is 22.7 Å². The lowest BCUT2D eigenvalue weighted by Gasteiger charge is -2.33. The van der Waals surface area contributed by atoms with Crippen LogP contribution in [0.25, 0.3) is 198 Å². The normalized spacial score (nSPS) is 12.5. The molecular formula is C128H82N6S2. The summed E-state index contributed by atoms with van der Waals surface area (Å²) in [4.78, 5) is 32.2. The first-order chi connectivity index (χ1) is 67.4. The van der Waals surface area contributed by atoms with Crippen LogP contribution >= 0.6 is 22.7 Å². The predicted molar refractivity (Wildman–Crippen MR) is 565 cm³/mol. The first-order valence-electron chi connectivity index (χ1n) is 46.2. The second kappa shape index (κ2) is 34.2. The van der Waals surface area contributed by atoms with Crippen molar-refractivity contribution < 1.29 is 0 Å². The molecule has 6 nitrogen and oxygen atoms in total. The molecule has 0 unspecified atom stereocenters. The van der Waals surface area contributed by atoms with E-state index in [-0.39, 0.29) is 0 Å². The molecule has 0 spiro atoms. The average molecular weight is 1770 g/mol. The highest BCUT2D eigenvalue weighted by atomic mass is 32.1. The van der Waals surface area contributed by atoms with Crippen LogP contribution in [0.1, 0.15) is 44.5 Å². The van der Waals surface area contributed by atoms with Gasteiger partial charge < -0.3 is 0 Å². The van der Waals surface area contributed by atoms with E-state index < -0.39 is 10.8 Å². The van der Waals surface area contributed by atoms with Gasteiger partial charge in [0.25, 0.3) is 0 Å². The third kappa shape index (κ3) is 13.9. The molecule has 636 valence electrons. The molecule has 136 heavy (non-hydrogen) atoms. The lowest BCUT2D eigenvalue weighted by molar-refractivity contribution is 0.768. The quantitative estimate of drug-likeness (QED) is 0.0959. The third-order valence-corrected chi connectivity index (χ3v) is 29.8. The topological polar surface area (TPSA) is 77.3 Å². The molecule has 0 bridgehead atoms. The summed E-state index contributed by atoms with van der Waals surface area (Å²) in [6.45, 7) is 0. The van der Waals surface area contributed by atoms with Gasteiger partial charge in [-0.3, -0.25) is 0 Å². The number of nitrogens with zero attached hydrogens (tertiary/aromatic N) is 6. The highest BCUT2D eigenvalue weighted by Crippen LogP contribution is 2.61. The molecule has 0 N–H and O–H groups in total. The maximum Gasteiger partial charge on any atom is 0.164 e. The molecule has 20 aromatic carbocycles. The van der Waals surface area contributed by atoms with E-state index in [0.29, 0.717) is 34.9 Å². The summed E-state index contributed by atoms with van der Waals surface area (Å²) in [6.07, 6.45) is 0. The van der Waals surface area contributed by atoms with Crippen molar-refractivity contribution >= 4 is 63.0 Å². The van der Waals surface area contributed by atoms with Gasteiger partial charge in [0, 0.05) is 73.7 Å². The molecule has 2 aliphatic carbocycles. The van der Waals surface area contributed by atoms with Crippen LogP contribution in [0, 0.1) is 0 Å². The third-order valence-electron chi connectivity index (χ3n) is 27.3. The summed E-state index contributed by atoms with van der Waals surface area (Å²) in [5.41, 5.74) is 32.9. The molecule has 0 atom stereocenters. The molecule has 0 amide bonds. The average Bonchev–Trinajstić information content (AvgIpc) is 1.53. The number of benzene rings is 20. The van der Waals surface area contributed by atoms with Crippen LogP contribution in [0.2, 0.25) is 0 Å². The van der Waals surface area contributed by atoms with Gasteiger partial charge in [0.15, 0.2) is 34.9 Å². The summed E-state index contributed by atoms with van der Waals surface area (Å²) in [6, 6.07) is 178. The van der Waals surface area contributed by atoms with E-state index in [2.05, 4.69) is 491 Å². The zero-order valence-corrected chi connectivity index (χ0v) is 75.5. The summed E-state index contributed by atoms with van der Waals surface area (Å²) in [7, 11) is 0. The molecule has 0 aliphatic heterocycles. The minimum Gasteiger partial charge on any atom is -0.208 e. The van der Waals surface area contributed by atoms with Crippen molar-refractivity contribution in [1.82, 2.24) is 29.9 Å². The molecule has 0 saturated heterocycles. The van der Waals surface area contributed by atoms with Crippen molar-refractivity contribution in [2.45, 2.75) is 10.8 Å². The molecule has 26 rings (SSSR count). The summed E-state index contributed by atoms with van der Waals surface area (Å²) in [5, 5.41) is 5.22. The predicted octanol–water partition coefficient (Wildman–Crippen LogP) is 33.2. The Kier molecular flexibility index (Phi) is 20.4. The zero-order valence-electron chi connectivity index (χ0n) is 73.8. The number of rotatable bonds is 16. The number of hydrogen-bond donors (Lipinski definition) is 0. The first kappa shape index (κ1) is 80.9. The van der Waals surface area contributed by atoms with E-state index in [1.807, 2.05) is 28.7 Å². The fourth-order valence-electron chi connectivity index (χ4n) is 21.2. The van der Waals surface area contributed by atoms with Gasteiger partial charge in [-0.05, 0) is 158 Å². The van der Waals surface area contributed by atoms with Crippen molar-refractivity contribution in [1.29, 1.82) is 0 Å². The minimum atomic E-state index is -0.555. The highest BCUT2D eigenvalue weighted by Gasteiger charge is 2.49. The minimum absolute atomic E-state index is 0.548. The Bertz CT molecular complexity index is 8600. The van der Waals surface area contributed by atoms with E-state index in [1.54, 1.807) is 0 Å². The van der Waals surface area contributed by atoms with Crippen LogP contribution in [-0.4, -0.2) is 29.9 Å². The van der Waals surface area contributed by atoms with Gasteiger partial charge in [0.2, 0.25) is 0 Å². The van der Waals surface area contributed by atoms with Crippen molar-refractivity contribution in [2.75, 3.05) is 0 Å². The second-order valence-corrected chi connectivity index (χ2v) is 37.0. The molecule has 0 fully saturated rings. The number of fused-ring (bicyclic) bond motifs is 12. The van der Waals surface area contributed by atoms with E-state index in [9.17, 15) is 0 Å². The van der Waals surface area contributed by atoms with Crippen molar-refractivity contribution in [2.24, 2.45) is 0 Å². The standard InChI is InChI=1S/2C64H41N3S/c1-4-17-42(18-5-1)43-33-37-45(38-34-43)61-65-62(46-39-35-44(36-40-46)47-19-14-20-48(41-47)51-27-15-28-53-52-25-11-13-32-58(52)68-60(51)53)67-63(66-61)55-29-16-31-57-59(55)54-26-10-12-30-56(54)64(57,49-21-6-2-7-22-49)50-23-8-3-9-24-50;1-4-19-43(20-5-1)49-27-10-11-29-53(49)62-65-61(44-39-37-42(38-40-44)45-21-16-22-46(41-45)50-31-17-32-52-51-28-13-15-36-58(51)68-60(50)52)66-63(67-62)55-33-18-35-57-59(55)54-30-12-14-34-56(54)64(57,47-23-6-2-7-24-47)48-25-8-3-9-26-48/h2*1-41H. The molecular weight excluding hydrogens is 1690 g/mol. The zero-order chi connectivity index (χ0) is 90.0. The van der Waals surface area contributed by atoms with Crippen LogP contribution in [0.15, 0.2) is 497 Å². The largest absolute Gasteiger partial charge is 0.208 e. The van der Waals surface area contributed by atoms with Gasteiger partial charge in [0.05, 0.1) is 10.8 Å². The summed E-state index contributed by atoms with van der Waals surface area (Å²) in [5.74, 6) is 3.74. The van der Waals surface area contributed by atoms with Gasteiger partial charge in [0.1, 0.15) is 0 Å². The van der Waals surface area contributed by atoms with Crippen LogP contribution in [0.3, 0.4) is 0 Å². The maximum absolute atomic E-state index is 5.45. The van der Waals surface area contributed by atoms with Gasteiger partial charge in [-0.2, -0.15) is 0 Å². The summed E-state index contributed by atoms with van der Waals surface area (Å²) >= 11 is 3.73. The Morgan fingerprint density at radius 3 is 0.809 bits per heavy atom. The fourth-order valence-corrected chi connectivity index (χ4v) is 23.6. The Hall–Kier alpha value is -17.1. The SMILES string of the molecule is c1ccc(-c2ccc(-c3nc(-c4ccc(-c5cccc(-c6cccc7c6sc6ccccc67)c5)cc4)nc(-c4cccc5c4-c4ccccc4C5(c4ccccc4)c4ccccc4)n3)cc2)cc1.c1ccc(-c2ccccc2-c2nc(-c3ccc(-c4cccc(-c5cccc6c5sc5ccccc56)c4)cc3)nc(-c3cccc4c3-c3ccccc3C4(c3ccccc3)c3ccccc3)n2)cc1. The van der Waals surface area contributed by atoms with Crippen LogP contribution in [0.4, 0.5) is 0 Å². The highest BCUT2D eigenvalue weighted by molar-refractivity contribution is 7.26. The fraction of sp³-hybridized carbons (Fsp3) is 0.0156. The molecule has 0 radical (unpaired) electrons. The van der Waals surface area contributed by atoms with Gasteiger partial charge in [-0.25, -0.2) is 29.9 Å². The van der Waals surface area contributed by atoms with E-state index >= 15 is 0 Å². The molecule has 4 heterocycles. The number of aromatic nitrogens is 6. The van der Waals surface area contributed by atoms with Crippen molar-refractivity contribution in [3.05, 3.63) is 542 Å². The lowest BCUT2D eigenvalue weighted by Crippen LogP contribution is -2.28. The smallest absolute Gasteiger partial charge is 0.164 e. The Balaban J connectivity index is 0.000000145. The molecule has 8 heteroatoms. The van der Waals surface area contributed by atoms with Gasteiger partial charge >= 0.3 is 0 Å². The van der Waals surface area contributed by atoms with E-state index in [4.69, 9.17) is 29.9 Å². The molecule has 4 aromatic heterocycles. The number of thiophene rings is 2. The van der Waals surface area contributed by atoms with E-state index in [0.717, 1.165) is 89.0 Å². The Morgan fingerprint density at radius 1 is 0.147 bits per heavy atom. The molecule has 0 saturated carbocycles.